The maximum atomic E-state index is 12.6. The number of carbonyl (C=O) groups is 1. The summed E-state index contributed by atoms with van der Waals surface area (Å²) < 4.78 is 0. The van der Waals surface area contributed by atoms with E-state index in [1.165, 1.54) is 38.5 Å². The minimum Gasteiger partial charge on any atom is -0.345 e. The van der Waals surface area contributed by atoms with Crippen molar-refractivity contribution in [3.8, 4) is 0 Å². The molecule has 4 bridgehead atoms. The molecule has 1 heterocycles. The monoisotopic (exact) mass is 302 g/mol. The fourth-order valence-corrected chi connectivity index (χ4v) is 5.43. The molecule has 5 nitrogen and oxygen atoms in total. The van der Waals surface area contributed by atoms with Gasteiger partial charge in [-0.2, -0.15) is 0 Å². The number of amides is 2. The van der Waals surface area contributed by atoms with E-state index in [-0.39, 0.29) is 11.6 Å². The standard InChI is InChI=1S/C17H26N4O/c1-11-9-18-15(19-11)10-21(2)16(22)20-17-6-12-3-13(7-17)5-14(4-12)8-17/h9,12-14H,3-8,10H2,1-2H3,(H,18,19)(H,20,22). The Balaban J connectivity index is 1.41. The van der Waals surface area contributed by atoms with Crippen molar-refractivity contribution in [3.05, 3.63) is 17.7 Å². The summed E-state index contributed by atoms with van der Waals surface area (Å²) in [6.45, 7) is 2.51. The second-order valence-corrected chi connectivity index (χ2v) is 8.00. The van der Waals surface area contributed by atoms with Crippen LogP contribution in [-0.4, -0.2) is 33.5 Å². The molecule has 4 aliphatic rings. The smallest absolute Gasteiger partial charge is 0.317 e. The van der Waals surface area contributed by atoms with Crippen molar-refractivity contribution in [3.63, 3.8) is 0 Å². The summed E-state index contributed by atoms with van der Waals surface area (Å²) in [5, 5.41) is 3.40. The van der Waals surface area contributed by atoms with Crippen LogP contribution in [0.2, 0.25) is 0 Å². The van der Waals surface area contributed by atoms with Crippen LogP contribution >= 0.6 is 0 Å². The Morgan fingerprint density at radius 1 is 1.32 bits per heavy atom. The summed E-state index contributed by atoms with van der Waals surface area (Å²) in [4.78, 5) is 21.8. The quantitative estimate of drug-likeness (QED) is 0.902. The minimum absolute atomic E-state index is 0.0519. The van der Waals surface area contributed by atoms with Crippen molar-refractivity contribution in [1.29, 1.82) is 0 Å². The molecule has 120 valence electrons. The molecular formula is C17H26N4O. The van der Waals surface area contributed by atoms with E-state index in [0.29, 0.717) is 6.54 Å². The largest absolute Gasteiger partial charge is 0.345 e. The summed E-state index contributed by atoms with van der Waals surface area (Å²) in [6, 6.07) is 0.0519. The highest BCUT2D eigenvalue weighted by molar-refractivity contribution is 5.74. The molecule has 4 saturated carbocycles. The van der Waals surface area contributed by atoms with Gasteiger partial charge in [0.2, 0.25) is 0 Å². The summed E-state index contributed by atoms with van der Waals surface area (Å²) in [5.41, 5.74) is 1.11. The molecule has 4 aliphatic carbocycles. The fraction of sp³-hybridized carbons (Fsp3) is 0.765. The second-order valence-electron chi connectivity index (χ2n) is 8.00. The number of urea groups is 1. The van der Waals surface area contributed by atoms with Crippen molar-refractivity contribution in [2.45, 2.75) is 57.5 Å². The molecule has 0 atom stereocenters. The van der Waals surface area contributed by atoms with E-state index in [1.54, 1.807) is 11.1 Å². The first-order valence-electron chi connectivity index (χ1n) is 8.55. The zero-order valence-corrected chi connectivity index (χ0v) is 13.6. The number of H-pyrrole nitrogens is 1. The number of carbonyl (C=O) groups excluding carboxylic acids is 1. The highest BCUT2D eigenvalue weighted by atomic mass is 16.2. The van der Waals surface area contributed by atoms with Gasteiger partial charge in [-0.1, -0.05) is 0 Å². The molecule has 5 heteroatoms. The van der Waals surface area contributed by atoms with Crippen molar-refractivity contribution < 1.29 is 4.79 Å². The van der Waals surface area contributed by atoms with Crippen LogP contribution in [0.1, 0.15) is 50.0 Å². The van der Waals surface area contributed by atoms with Gasteiger partial charge in [-0.25, -0.2) is 9.78 Å². The minimum atomic E-state index is 0.0519. The number of aryl methyl sites for hydroxylation is 1. The van der Waals surface area contributed by atoms with Gasteiger partial charge in [0, 0.05) is 24.5 Å². The average molecular weight is 302 g/mol. The Bertz CT molecular complexity index is 544. The van der Waals surface area contributed by atoms with Crippen LogP contribution in [-0.2, 0) is 6.54 Å². The van der Waals surface area contributed by atoms with E-state index in [9.17, 15) is 4.79 Å². The number of aromatic amines is 1. The van der Waals surface area contributed by atoms with E-state index in [4.69, 9.17) is 0 Å². The lowest BCUT2D eigenvalue weighted by atomic mass is 9.53. The predicted octanol–water partition coefficient (Wildman–Crippen LogP) is 2.83. The summed E-state index contributed by atoms with van der Waals surface area (Å²) >= 11 is 0. The molecule has 2 N–H and O–H groups in total. The van der Waals surface area contributed by atoms with Crippen LogP contribution in [0.4, 0.5) is 4.79 Å². The highest BCUT2D eigenvalue weighted by Gasteiger charge is 2.51. The van der Waals surface area contributed by atoms with Crippen LogP contribution < -0.4 is 5.32 Å². The molecule has 0 unspecified atom stereocenters. The maximum Gasteiger partial charge on any atom is 0.317 e. The molecule has 0 spiro atoms. The molecule has 4 fully saturated rings. The Morgan fingerprint density at radius 2 is 1.91 bits per heavy atom. The Morgan fingerprint density at radius 3 is 2.41 bits per heavy atom. The zero-order valence-electron chi connectivity index (χ0n) is 13.6. The Hall–Kier alpha value is -1.52. The number of rotatable bonds is 3. The summed E-state index contributed by atoms with van der Waals surface area (Å²) in [7, 11) is 1.85. The number of hydrogen-bond acceptors (Lipinski definition) is 2. The van der Waals surface area contributed by atoms with E-state index in [2.05, 4.69) is 15.3 Å². The summed E-state index contributed by atoms with van der Waals surface area (Å²) in [5.74, 6) is 3.40. The fourth-order valence-electron chi connectivity index (χ4n) is 5.43. The number of aromatic nitrogens is 2. The number of imidazole rings is 1. The van der Waals surface area contributed by atoms with Crippen LogP contribution in [0.25, 0.3) is 0 Å². The Kier molecular flexibility index (Phi) is 3.20. The zero-order chi connectivity index (χ0) is 15.3. The first-order valence-corrected chi connectivity index (χ1v) is 8.55. The summed E-state index contributed by atoms with van der Waals surface area (Å²) in [6.07, 6.45) is 9.58. The molecule has 1 aromatic rings. The molecule has 2 amide bonds. The first-order chi connectivity index (χ1) is 10.5. The van der Waals surface area contributed by atoms with E-state index < -0.39 is 0 Å². The van der Waals surface area contributed by atoms with Crippen LogP contribution in [0.5, 0.6) is 0 Å². The van der Waals surface area contributed by atoms with Crippen molar-refractivity contribution >= 4 is 6.03 Å². The van der Waals surface area contributed by atoms with Crippen LogP contribution in [0.15, 0.2) is 6.20 Å². The van der Waals surface area contributed by atoms with Crippen LogP contribution in [0, 0.1) is 24.7 Å². The predicted molar refractivity (Wildman–Crippen MR) is 84.2 cm³/mol. The SMILES string of the molecule is Cc1cnc(CN(C)C(=O)NC23CC4CC(CC(C4)C2)C3)[nH]1. The molecule has 0 aromatic carbocycles. The highest BCUT2D eigenvalue weighted by Crippen LogP contribution is 2.55. The van der Waals surface area contributed by atoms with Crippen molar-refractivity contribution in [2.75, 3.05) is 7.05 Å². The molecule has 0 aliphatic heterocycles. The lowest BCUT2D eigenvalue weighted by Crippen LogP contribution is -2.61. The third-order valence-electron chi connectivity index (χ3n) is 5.90. The van der Waals surface area contributed by atoms with Crippen molar-refractivity contribution in [1.82, 2.24) is 20.2 Å². The number of hydrogen-bond donors (Lipinski definition) is 2. The van der Waals surface area contributed by atoms with Gasteiger partial charge in [-0.3, -0.25) is 0 Å². The molecule has 5 rings (SSSR count). The first kappa shape index (κ1) is 14.1. The van der Waals surface area contributed by atoms with Gasteiger partial charge >= 0.3 is 6.03 Å². The van der Waals surface area contributed by atoms with Gasteiger partial charge < -0.3 is 15.2 Å². The molecule has 0 saturated heterocycles. The van der Waals surface area contributed by atoms with E-state index >= 15 is 0 Å². The van der Waals surface area contributed by atoms with Gasteiger partial charge in [0.15, 0.2) is 0 Å². The molecule has 0 radical (unpaired) electrons. The number of nitrogens with one attached hydrogen (secondary N) is 2. The Labute approximate surface area is 131 Å². The topological polar surface area (TPSA) is 61.0 Å². The van der Waals surface area contributed by atoms with Crippen LogP contribution in [0.3, 0.4) is 0 Å². The van der Waals surface area contributed by atoms with Crippen molar-refractivity contribution in [2.24, 2.45) is 17.8 Å². The molecule has 22 heavy (non-hydrogen) atoms. The van der Waals surface area contributed by atoms with E-state index in [1.807, 2.05) is 14.0 Å². The lowest BCUT2D eigenvalue weighted by molar-refractivity contribution is -0.0154. The second kappa shape index (κ2) is 5.00. The van der Waals surface area contributed by atoms with Gasteiger partial charge in [-0.05, 0) is 63.2 Å². The molecular weight excluding hydrogens is 276 g/mol. The lowest BCUT2D eigenvalue weighted by Gasteiger charge is -2.57. The number of nitrogens with zero attached hydrogens (tertiary/aromatic N) is 2. The maximum absolute atomic E-state index is 12.6. The van der Waals surface area contributed by atoms with Gasteiger partial charge in [0.1, 0.15) is 5.82 Å². The molecule has 1 aromatic heterocycles. The average Bonchev–Trinajstić information content (AvgIpc) is 2.81. The van der Waals surface area contributed by atoms with Gasteiger partial charge in [0.25, 0.3) is 0 Å². The van der Waals surface area contributed by atoms with Gasteiger partial charge in [0.05, 0.1) is 6.54 Å². The normalized spacial score (nSPS) is 35.6. The third-order valence-corrected chi connectivity index (χ3v) is 5.90. The van der Waals surface area contributed by atoms with Gasteiger partial charge in [-0.15, -0.1) is 0 Å². The third kappa shape index (κ3) is 2.50. The van der Waals surface area contributed by atoms with E-state index in [0.717, 1.165) is 29.3 Å².